The van der Waals surface area contributed by atoms with E-state index in [1.54, 1.807) is 0 Å². The molecule has 0 radical (unpaired) electrons. The molecule has 0 bridgehead atoms. The molecule has 5 nitrogen and oxygen atoms in total. The van der Waals surface area contributed by atoms with Gasteiger partial charge in [0.05, 0.1) is 11.9 Å². The summed E-state index contributed by atoms with van der Waals surface area (Å²) in [5.74, 6) is -2.13. The number of halogens is 2. The van der Waals surface area contributed by atoms with Gasteiger partial charge in [-0.25, -0.2) is 18.7 Å². The summed E-state index contributed by atoms with van der Waals surface area (Å²) in [7, 11) is 0. The van der Waals surface area contributed by atoms with Crippen LogP contribution in [0.2, 0.25) is 0 Å². The van der Waals surface area contributed by atoms with Crippen molar-refractivity contribution >= 4 is 28.8 Å². The second-order valence-electron chi connectivity index (χ2n) is 6.57. The first-order chi connectivity index (χ1) is 12.1. The van der Waals surface area contributed by atoms with Gasteiger partial charge in [-0.2, -0.15) is 0 Å². The van der Waals surface area contributed by atoms with E-state index in [0.29, 0.717) is 35.4 Å². The summed E-state index contributed by atoms with van der Waals surface area (Å²) in [6, 6.07) is 5.96. The van der Waals surface area contributed by atoms with Gasteiger partial charge >= 0.3 is 0 Å². The molecule has 7 heteroatoms. The van der Waals surface area contributed by atoms with E-state index in [1.165, 1.54) is 11.9 Å². The number of hydrogen-bond acceptors (Lipinski definition) is 4. The van der Waals surface area contributed by atoms with Crippen molar-refractivity contribution < 1.29 is 8.78 Å². The van der Waals surface area contributed by atoms with Crippen molar-refractivity contribution in [2.24, 2.45) is 4.99 Å². The van der Waals surface area contributed by atoms with Gasteiger partial charge in [-0.05, 0) is 35.2 Å². The lowest BCUT2D eigenvalue weighted by molar-refractivity contribution is -0.0121. The molecule has 1 aliphatic carbocycles. The molecule has 3 heterocycles. The van der Waals surface area contributed by atoms with E-state index >= 15 is 0 Å². The third kappa shape index (κ3) is 2.38. The van der Waals surface area contributed by atoms with Crippen molar-refractivity contribution in [3.8, 4) is 0 Å². The predicted molar refractivity (Wildman–Crippen MR) is 91.9 cm³/mol. The molecule has 0 fully saturated rings. The van der Waals surface area contributed by atoms with Crippen LogP contribution in [0.25, 0.3) is 11.0 Å². The molecule has 0 atom stereocenters. The number of aliphatic imine (C=N–C) groups is 1. The van der Waals surface area contributed by atoms with Gasteiger partial charge < -0.3 is 10.3 Å². The Morgan fingerprint density at radius 1 is 1.20 bits per heavy atom. The third-order valence-corrected chi connectivity index (χ3v) is 4.86. The van der Waals surface area contributed by atoms with Crippen LogP contribution in [-0.2, 0) is 19.4 Å². The van der Waals surface area contributed by atoms with Crippen LogP contribution >= 0.6 is 0 Å². The SMILES string of the molecule is FC1(F)CCc2[nH]c3ncnc(Nc4ccc5c(c4)C=NC5)c3c2C1. The molecule has 0 spiro atoms. The fourth-order valence-electron chi connectivity index (χ4n) is 3.61. The van der Waals surface area contributed by atoms with Crippen molar-refractivity contribution in [1.82, 2.24) is 15.0 Å². The lowest BCUT2D eigenvalue weighted by Gasteiger charge is -2.22. The van der Waals surface area contributed by atoms with Crippen LogP contribution < -0.4 is 5.32 Å². The van der Waals surface area contributed by atoms with Gasteiger partial charge in [0.2, 0.25) is 0 Å². The van der Waals surface area contributed by atoms with Crippen molar-refractivity contribution in [3.63, 3.8) is 0 Å². The molecule has 3 aromatic rings. The number of nitrogens with zero attached hydrogens (tertiary/aromatic N) is 3. The zero-order valence-electron chi connectivity index (χ0n) is 13.3. The highest BCUT2D eigenvalue weighted by Crippen LogP contribution is 2.38. The standard InChI is InChI=1S/C18H15F2N5/c19-18(20)4-3-14-13(6-18)15-16(22-9-23-17(15)25-14)24-12-2-1-10-7-21-8-11(10)5-12/h1-2,5,8-9H,3-4,6-7H2,(H2,22,23,24,25). The molecule has 2 aromatic heterocycles. The minimum Gasteiger partial charge on any atom is -0.343 e. The molecule has 1 aromatic carbocycles. The smallest absolute Gasteiger partial charge is 0.252 e. The molecular weight excluding hydrogens is 324 g/mol. The van der Waals surface area contributed by atoms with Crippen molar-refractivity contribution in [3.05, 3.63) is 46.9 Å². The summed E-state index contributed by atoms with van der Waals surface area (Å²) in [5, 5.41) is 3.92. The summed E-state index contributed by atoms with van der Waals surface area (Å²) in [6.07, 6.45) is 3.20. The first-order valence-corrected chi connectivity index (χ1v) is 8.21. The van der Waals surface area contributed by atoms with Gasteiger partial charge in [-0.15, -0.1) is 0 Å². The molecular formula is C18H15F2N5. The van der Waals surface area contributed by atoms with Gasteiger partial charge in [-0.3, -0.25) is 4.99 Å². The zero-order chi connectivity index (χ0) is 17.0. The molecule has 5 rings (SSSR count). The van der Waals surface area contributed by atoms with E-state index in [4.69, 9.17) is 0 Å². The second kappa shape index (κ2) is 5.08. The minimum atomic E-state index is -2.68. The maximum atomic E-state index is 13.9. The fourth-order valence-corrected chi connectivity index (χ4v) is 3.61. The van der Waals surface area contributed by atoms with Crippen LogP contribution in [0.3, 0.4) is 0 Å². The predicted octanol–water partition coefficient (Wildman–Crippen LogP) is 3.76. The number of aromatic nitrogens is 3. The number of rotatable bonds is 2. The van der Waals surface area contributed by atoms with E-state index in [2.05, 4.69) is 25.3 Å². The molecule has 0 saturated carbocycles. The molecule has 0 unspecified atom stereocenters. The average molecular weight is 339 g/mol. The van der Waals surface area contributed by atoms with Crippen LogP contribution in [0.1, 0.15) is 28.8 Å². The van der Waals surface area contributed by atoms with E-state index in [9.17, 15) is 8.78 Å². The lowest BCUT2D eigenvalue weighted by Crippen LogP contribution is -2.25. The first kappa shape index (κ1) is 14.5. The molecule has 0 amide bonds. The summed E-state index contributed by atoms with van der Waals surface area (Å²) in [6.45, 7) is 0.702. The Hall–Kier alpha value is -2.83. The maximum absolute atomic E-state index is 13.9. The van der Waals surface area contributed by atoms with Crippen LogP contribution in [0.5, 0.6) is 0 Å². The fraction of sp³-hybridized carbons (Fsp3) is 0.278. The minimum absolute atomic E-state index is 0.132. The topological polar surface area (TPSA) is 66.0 Å². The molecule has 0 saturated heterocycles. The van der Waals surface area contributed by atoms with Gasteiger partial charge in [0, 0.05) is 30.4 Å². The lowest BCUT2D eigenvalue weighted by atomic mass is 9.93. The molecule has 1 aliphatic heterocycles. The molecule has 126 valence electrons. The van der Waals surface area contributed by atoms with Crippen LogP contribution in [0.4, 0.5) is 20.3 Å². The normalized spacial score (nSPS) is 17.5. The Kier molecular flexibility index (Phi) is 2.95. The number of benzene rings is 1. The Morgan fingerprint density at radius 2 is 2.12 bits per heavy atom. The molecule has 25 heavy (non-hydrogen) atoms. The average Bonchev–Trinajstić information content (AvgIpc) is 3.18. The Labute approximate surface area is 142 Å². The number of anilines is 2. The number of alkyl halides is 2. The highest BCUT2D eigenvalue weighted by atomic mass is 19.3. The number of aryl methyl sites for hydroxylation is 1. The van der Waals surface area contributed by atoms with E-state index in [-0.39, 0.29) is 12.8 Å². The highest BCUT2D eigenvalue weighted by molar-refractivity contribution is 5.94. The van der Waals surface area contributed by atoms with Gasteiger partial charge in [0.15, 0.2) is 0 Å². The Bertz CT molecular complexity index is 1020. The maximum Gasteiger partial charge on any atom is 0.252 e. The highest BCUT2D eigenvalue weighted by Gasteiger charge is 2.36. The molecule has 2 N–H and O–H groups in total. The Morgan fingerprint density at radius 3 is 3.04 bits per heavy atom. The summed E-state index contributed by atoms with van der Waals surface area (Å²) in [4.78, 5) is 15.9. The van der Waals surface area contributed by atoms with Crippen LogP contribution in [0.15, 0.2) is 29.5 Å². The van der Waals surface area contributed by atoms with E-state index in [1.807, 2.05) is 24.4 Å². The van der Waals surface area contributed by atoms with Crippen molar-refractivity contribution in [2.45, 2.75) is 31.7 Å². The van der Waals surface area contributed by atoms with E-state index in [0.717, 1.165) is 16.9 Å². The number of H-pyrrole nitrogens is 1. The van der Waals surface area contributed by atoms with Gasteiger partial charge in [-0.1, -0.05) is 6.07 Å². The van der Waals surface area contributed by atoms with Crippen molar-refractivity contribution in [1.29, 1.82) is 0 Å². The summed E-state index contributed by atoms with van der Waals surface area (Å²) in [5.41, 5.74) is 5.16. The zero-order valence-corrected chi connectivity index (χ0v) is 13.3. The van der Waals surface area contributed by atoms with Crippen LogP contribution in [-0.4, -0.2) is 27.1 Å². The van der Waals surface area contributed by atoms with E-state index < -0.39 is 5.92 Å². The van der Waals surface area contributed by atoms with Gasteiger partial charge in [0.25, 0.3) is 5.92 Å². The second-order valence-corrected chi connectivity index (χ2v) is 6.57. The number of nitrogens with one attached hydrogen (secondary N) is 2. The first-order valence-electron chi connectivity index (χ1n) is 8.21. The largest absolute Gasteiger partial charge is 0.343 e. The number of hydrogen-bond donors (Lipinski definition) is 2. The van der Waals surface area contributed by atoms with Crippen molar-refractivity contribution in [2.75, 3.05) is 5.32 Å². The van der Waals surface area contributed by atoms with Gasteiger partial charge in [0.1, 0.15) is 17.8 Å². The number of aromatic amines is 1. The molecule has 2 aliphatic rings. The summed E-state index contributed by atoms with van der Waals surface area (Å²) < 4.78 is 27.8. The quantitative estimate of drug-likeness (QED) is 0.747. The van der Waals surface area contributed by atoms with Crippen LogP contribution in [0, 0.1) is 0 Å². The number of fused-ring (bicyclic) bond motifs is 4. The third-order valence-electron chi connectivity index (χ3n) is 4.86. The Balaban J connectivity index is 1.60. The summed E-state index contributed by atoms with van der Waals surface area (Å²) >= 11 is 0. The monoisotopic (exact) mass is 339 g/mol.